The molecule has 2 aliphatic heterocycles. The standard InChI is InChI=1S/C29H38N4O5/c1-5-23(35)22-13-29-14-24(29)33(22)26(37)15-32-28-19(9-7-6-8-17(2)10-25(36)30-16-29)11-20(38-4)12-21(28)27(31-32)18(3)34/h11-12,17,22,24H,5-10,13-16H2,1-4H3,(H,30,36)/t17-,22+,24-,29+/m1/s1. The van der Waals surface area contributed by atoms with Gasteiger partial charge in [0.2, 0.25) is 11.8 Å². The van der Waals surface area contributed by atoms with Crippen LogP contribution in [-0.2, 0) is 27.3 Å². The van der Waals surface area contributed by atoms with Crippen LogP contribution in [0.15, 0.2) is 12.1 Å². The molecule has 3 aliphatic rings. The minimum atomic E-state index is -0.491. The van der Waals surface area contributed by atoms with Crippen LogP contribution in [0.3, 0.4) is 0 Å². The summed E-state index contributed by atoms with van der Waals surface area (Å²) in [7, 11) is 1.60. The zero-order valence-electron chi connectivity index (χ0n) is 22.8. The third kappa shape index (κ3) is 4.71. The molecule has 9 nitrogen and oxygen atoms in total. The van der Waals surface area contributed by atoms with Gasteiger partial charge in [0.05, 0.1) is 18.7 Å². The normalized spacial score (nSPS) is 28.0. The van der Waals surface area contributed by atoms with Crippen LogP contribution in [0.4, 0.5) is 0 Å². The predicted molar refractivity (Wildman–Crippen MR) is 142 cm³/mol. The van der Waals surface area contributed by atoms with Gasteiger partial charge in [0.1, 0.15) is 18.0 Å². The molecule has 1 aromatic carbocycles. The highest BCUT2D eigenvalue weighted by Crippen LogP contribution is 2.59. The second kappa shape index (κ2) is 10.2. The number of methoxy groups -OCH3 is 1. The second-order valence-electron chi connectivity index (χ2n) is 11.5. The Morgan fingerprint density at radius 3 is 2.71 bits per heavy atom. The Labute approximate surface area is 223 Å². The summed E-state index contributed by atoms with van der Waals surface area (Å²) >= 11 is 0. The third-order valence-electron chi connectivity index (χ3n) is 8.74. The first-order valence-corrected chi connectivity index (χ1v) is 13.9. The van der Waals surface area contributed by atoms with Gasteiger partial charge in [-0.05, 0) is 49.3 Å². The van der Waals surface area contributed by atoms with Crippen LogP contribution in [0.5, 0.6) is 5.75 Å². The zero-order valence-corrected chi connectivity index (χ0v) is 22.8. The van der Waals surface area contributed by atoms with E-state index in [4.69, 9.17) is 4.74 Å². The highest BCUT2D eigenvalue weighted by atomic mass is 16.5. The average Bonchev–Trinajstić information content (AvgIpc) is 3.30. The first-order valence-electron chi connectivity index (χ1n) is 13.9. The number of aromatic nitrogens is 2. The molecule has 1 aromatic heterocycles. The molecule has 1 aliphatic carbocycles. The number of piperidine rings is 1. The lowest BCUT2D eigenvalue weighted by atomic mass is 9.95. The monoisotopic (exact) mass is 522 g/mol. The van der Waals surface area contributed by atoms with Crippen LogP contribution in [0.2, 0.25) is 0 Å². The summed E-state index contributed by atoms with van der Waals surface area (Å²) in [6, 6.07) is 3.22. The van der Waals surface area contributed by atoms with E-state index in [2.05, 4.69) is 17.3 Å². The minimum Gasteiger partial charge on any atom is -0.497 e. The number of carbonyl (C=O) groups is 4. The van der Waals surface area contributed by atoms with E-state index in [1.165, 1.54) is 6.92 Å². The lowest BCUT2D eigenvalue weighted by Crippen LogP contribution is -2.44. The Morgan fingerprint density at radius 1 is 1.21 bits per heavy atom. The highest BCUT2D eigenvalue weighted by Gasteiger charge is 2.66. The smallest absolute Gasteiger partial charge is 0.245 e. The molecule has 1 N–H and O–H groups in total. The van der Waals surface area contributed by atoms with Crippen molar-refractivity contribution in [3.63, 3.8) is 0 Å². The van der Waals surface area contributed by atoms with Crippen molar-refractivity contribution in [2.75, 3.05) is 13.7 Å². The Balaban J connectivity index is 1.57. The van der Waals surface area contributed by atoms with Crippen molar-refractivity contribution < 1.29 is 23.9 Å². The fourth-order valence-corrected chi connectivity index (χ4v) is 6.60. The topological polar surface area (TPSA) is 111 Å². The molecule has 2 fully saturated rings. The predicted octanol–water partition coefficient (Wildman–Crippen LogP) is 3.46. The molecule has 2 aromatic rings. The lowest BCUT2D eigenvalue weighted by Gasteiger charge is -2.26. The van der Waals surface area contributed by atoms with E-state index in [1.54, 1.807) is 16.7 Å². The number of hydrogen-bond acceptors (Lipinski definition) is 6. The molecule has 204 valence electrons. The van der Waals surface area contributed by atoms with Crippen LogP contribution in [0.1, 0.15) is 81.8 Å². The maximum atomic E-state index is 13.9. The summed E-state index contributed by atoms with van der Waals surface area (Å²) in [6.45, 7) is 5.85. The number of benzene rings is 1. The van der Waals surface area contributed by atoms with Gasteiger partial charge in [-0.3, -0.25) is 23.9 Å². The number of rotatable bonds is 4. The molecular formula is C29H38N4O5. The Kier molecular flexibility index (Phi) is 7.05. The summed E-state index contributed by atoms with van der Waals surface area (Å²) in [5.74, 6) is 0.637. The number of ether oxygens (including phenoxy) is 1. The second-order valence-corrected chi connectivity index (χ2v) is 11.5. The molecule has 9 heteroatoms. The van der Waals surface area contributed by atoms with Crippen molar-refractivity contribution in [3.8, 4) is 5.75 Å². The molecule has 2 bridgehead atoms. The number of nitrogens with zero attached hydrogens (tertiary/aromatic N) is 3. The molecule has 0 unspecified atom stereocenters. The van der Waals surface area contributed by atoms with Gasteiger partial charge in [0.25, 0.3) is 0 Å². The van der Waals surface area contributed by atoms with E-state index >= 15 is 0 Å². The maximum absolute atomic E-state index is 13.9. The molecule has 38 heavy (non-hydrogen) atoms. The van der Waals surface area contributed by atoms with E-state index in [-0.39, 0.29) is 47.3 Å². The fraction of sp³-hybridized carbons (Fsp3) is 0.621. The number of hydrogen-bond donors (Lipinski definition) is 1. The van der Waals surface area contributed by atoms with E-state index < -0.39 is 6.04 Å². The highest BCUT2D eigenvalue weighted by molar-refractivity contribution is 6.06. The first-order chi connectivity index (χ1) is 18.2. The van der Waals surface area contributed by atoms with Gasteiger partial charge in [-0.15, -0.1) is 0 Å². The van der Waals surface area contributed by atoms with Gasteiger partial charge < -0.3 is 15.0 Å². The van der Waals surface area contributed by atoms with Gasteiger partial charge in [0, 0.05) is 43.2 Å². The van der Waals surface area contributed by atoms with Crippen LogP contribution in [0, 0.1) is 11.3 Å². The molecule has 3 heterocycles. The third-order valence-corrected chi connectivity index (χ3v) is 8.74. The number of carbonyl (C=O) groups excluding carboxylic acids is 4. The summed E-state index contributed by atoms with van der Waals surface area (Å²) in [5, 5.41) is 8.41. The summed E-state index contributed by atoms with van der Waals surface area (Å²) < 4.78 is 7.20. The van der Waals surface area contributed by atoms with Crippen molar-refractivity contribution in [1.29, 1.82) is 0 Å². The molecule has 1 saturated heterocycles. The number of amides is 2. The van der Waals surface area contributed by atoms with E-state index in [0.717, 1.165) is 43.2 Å². The van der Waals surface area contributed by atoms with E-state index in [9.17, 15) is 19.2 Å². The molecule has 4 atom stereocenters. The molecule has 0 radical (unpaired) electrons. The number of nitrogens with one attached hydrogen (secondary N) is 1. The van der Waals surface area contributed by atoms with Gasteiger partial charge in [-0.25, -0.2) is 0 Å². The average molecular weight is 523 g/mol. The Hall–Kier alpha value is -3.23. The molecule has 5 rings (SSSR count). The number of ketones is 2. The van der Waals surface area contributed by atoms with Gasteiger partial charge in [-0.1, -0.05) is 26.7 Å². The van der Waals surface area contributed by atoms with Gasteiger partial charge >= 0.3 is 0 Å². The van der Waals surface area contributed by atoms with E-state index in [0.29, 0.717) is 42.6 Å². The van der Waals surface area contributed by atoms with Crippen molar-refractivity contribution in [2.24, 2.45) is 11.3 Å². The van der Waals surface area contributed by atoms with Crippen molar-refractivity contribution >= 4 is 34.3 Å². The Morgan fingerprint density at radius 2 is 2.00 bits per heavy atom. The first kappa shape index (κ1) is 26.4. The number of Topliss-reactive ketones (excluding diaryl/α,β-unsaturated/α-hetero) is 2. The van der Waals surface area contributed by atoms with Crippen molar-refractivity contribution in [3.05, 3.63) is 23.4 Å². The van der Waals surface area contributed by atoms with Crippen molar-refractivity contribution in [1.82, 2.24) is 20.0 Å². The van der Waals surface area contributed by atoms with Crippen LogP contribution >= 0.6 is 0 Å². The van der Waals surface area contributed by atoms with Crippen LogP contribution in [0.25, 0.3) is 10.9 Å². The van der Waals surface area contributed by atoms with Gasteiger partial charge in [0.15, 0.2) is 11.6 Å². The fourth-order valence-electron chi connectivity index (χ4n) is 6.60. The maximum Gasteiger partial charge on any atom is 0.245 e. The zero-order chi connectivity index (χ0) is 27.2. The van der Waals surface area contributed by atoms with Gasteiger partial charge in [-0.2, -0.15) is 5.10 Å². The van der Waals surface area contributed by atoms with E-state index in [1.807, 2.05) is 19.1 Å². The quantitative estimate of drug-likeness (QED) is 0.616. The summed E-state index contributed by atoms with van der Waals surface area (Å²) in [6.07, 6.45) is 5.70. The molecule has 0 spiro atoms. The van der Waals surface area contributed by atoms with Crippen molar-refractivity contribution in [2.45, 2.75) is 90.8 Å². The Bertz CT molecular complexity index is 1300. The lowest BCUT2D eigenvalue weighted by molar-refractivity contribution is -0.139. The summed E-state index contributed by atoms with van der Waals surface area (Å²) in [5.41, 5.74) is 1.83. The molecule has 1 saturated carbocycles. The summed E-state index contributed by atoms with van der Waals surface area (Å²) in [4.78, 5) is 53.8. The largest absolute Gasteiger partial charge is 0.497 e. The molecular weight excluding hydrogens is 484 g/mol. The SMILES string of the molecule is CCC(=O)[C@@H]1C[C@]23CNC(=O)C[C@H](C)CCCCc4cc(OC)cc5c(C(C)=O)nn(c45)CC(=O)N1[C@@H]2C3. The molecule has 2 amide bonds. The van der Waals surface area contributed by atoms with Crippen LogP contribution < -0.4 is 10.1 Å². The van der Waals surface area contributed by atoms with Crippen LogP contribution in [-0.4, -0.2) is 63.8 Å². The number of aryl methyl sites for hydroxylation is 1. The minimum absolute atomic E-state index is 0.0383.